The molecule has 0 aromatic carbocycles. The molecule has 16 heavy (non-hydrogen) atoms. The van der Waals surface area contributed by atoms with Crippen molar-refractivity contribution in [1.29, 1.82) is 0 Å². The molecule has 90 valence electrons. The van der Waals surface area contributed by atoms with Crippen molar-refractivity contribution in [3.8, 4) is 0 Å². The number of amides is 1. The lowest BCUT2D eigenvalue weighted by Crippen LogP contribution is -2.30. The number of nitrogens with one attached hydrogen (secondary N) is 1. The van der Waals surface area contributed by atoms with Crippen molar-refractivity contribution in [2.75, 3.05) is 0 Å². The van der Waals surface area contributed by atoms with Crippen LogP contribution < -0.4 is 5.43 Å². The van der Waals surface area contributed by atoms with Gasteiger partial charge in [0.05, 0.1) is 0 Å². The number of carbonyl (C=O) groups excluding carboxylic acids is 1. The molecule has 2 rings (SSSR count). The Bertz CT molecular complexity index is 278. The molecule has 0 bridgehead atoms. The van der Waals surface area contributed by atoms with Crippen LogP contribution in [-0.4, -0.2) is 11.6 Å². The van der Waals surface area contributed by atoms with Gasteiger partial charge in [-0.25, -0.2) is 5.43 Å². The third kappa shape index (κ3) is 3.06. The van der Waals surface area contributed by atoms with Crippen LogP contribution in [-0.2, 0) is 4.79 Å². The third-order valence-corrected chi connectivity index (χ3v) is 3.81. The van der Waals surface area contributed by atoms with Crippen molar-refractivity contribution in [2.45, 2.75) is 58.3 Å². The molecule has 1 amide bonds. The lowest BCUT2D eigenvalue weighted by atomic mass is 9.82. The zero-order valence-electron chi connectivity index (χ0n) is 10.2. The zero-order valence-corrected chi connectivity index (χ0v) is 10.2. The molecule has 0 aromatic heterocycles. The minimum absolute atomic E-state index is 0.144. The molecule has 2 atom stereocenters. The van der Waals surface area contributed by atoms with E-state index in [1.54, 1.807) is 0 Å². The Hall–Kier alpha value is -0.860. The highest BCUT2D eigenvalue weighted by atomic mass is 16.2. The summed E-state index contributed by atoms with van der Waals surface area (Å²) in [5.74, 6) is 1.05. The van der Waals surface area contributed by atoms with Crippen LogP contribution in [0, 0.1) is 11.8 Å². The first kappa shape index (κ1) is 11.6. The van der Waals surface area contributed by atoms with E-state index in [4.69, 9.17) is 0 Å². The fourth-order valence-corrected chi connectivity index (χ4v) is 2.79. The van der Waals surface area contributed by atoms with Crippen LogP contribution in [0.25, 0.3) is 0 Å². The molecular formula is C13H22N2O. The molecular weight excluding hydrogens is 200 g/mol. The van der Waals surface area contributed by atoms with Crippen molar-refractivity contribution in [2.24, 2.45) is 16.9 Å². The number of nitrogens with zero attached hydrogens (tertiary/aromatic N) is 1. The van der Waals surface area contributed by atoms with Crippen LogP contribution >= 0.6 is 0 Å². The summed E-state index contributed by atoms with van der Waals surface area (Å²) in [7, 11) is 0. The van der Waals surface area contributed by atoms with Gasteiger partial charge in [0.25, 0.3) is 0 Å². The van der Waals surface area contributed by atoms with Crippen molar-refractivity contribution < 1.29 is 4.79 Å². The van der Waals surface area contributed by atoms with Gasteiger partial charge in [0.2, 0.25) is 5.91 Å². The first-order valence-corrected chi connectivity index (χ1v) is 6.61. The maximum atomic E-state index is 11.9. The van der Waals surface area contributed by atoms with Crippen LogP contribution in [0.3, 0.4) is 0 Å². The number of hydrazone groups is 1. The van der Waals surface area contributed by atoms with Gasteiger partial charge in [0, 0.05) is 11.6 Å². The maximum Gasteiger partial charge on any atom is 0.243 e. The summed E-state index contributed by atoms with van der Waals surface area (Å²) in [6, 6.07) is 0. The summed E-state index contributed by atoms with van der Waals surface area (Å²) >= 11 is 0. The molecule has 3 heteroatoms. The molecule has 0 aliphatic heterocycles. The standard InChI is InChI=1S/C13H22N2O/c1-10-5-4-6-11(9-10)13(16)15-14-12-7-2-3-8-12/h10-11H,2-9H2,1H3,(H,15,16). The van der Waals surface area contributed by atoms with Gasteiger partial charge in [-0.3, -0.25) is 4.79 Å². The van der Waals surface area contributed by atoms with Crippen LogP contribution in [0.4, 0.5) is 0 Å². The zero-order chi connectivity index (χ0) is 11.4. The van der Waals surface area contributed by atoms with Crippen LogP contribution in [0.2, 0.25) is 0 Å². The topological polar surface area (TPSA) is 41.5 Å². The minimum Gasteiger partial charge on any atom is -0.273 e. The average Bonchev–Trinajstić information content (AvgIpc) is 2.78. The normalized spacial score (nSPS) is 30.2. The molecule has 0 aromatic rings. The predicted octanol–water partition coefficient (Wildman–Crippen LogP) is 2.86. The molecule has 3 nitrogen and oxygen atoms in total. The van der Waals surface area contributed by atoms with E-state index in [1.807, 2.05) is 0 Å². The van der Waals surface area contributed by atoms with Gasteiger partial charge in [0.15, 0.2) is 0 Å². The number of carbonyl (C=O) groups is 1. The van der Waals surface area contributed by atoms with E-state index in [0.717, 1.165) is 25.7 Å². The van der Waals surface area contributed by atoms with E-state index >= 15 is 0 Å². The number of hydrogen-bond acceptors (Lipinski definition) is 2. The second-order valence-corrected chi connectivity index (χ2v) is 5.33. The highest BCUT2D eigenvalue weighted by molar-refractivity contribution is 5.88. The molecule has 2 aliphatic carbocycles. The van der Waals surface area contributed by atoms with Crippen molar-refractivity contribution in [3.63, 3.8) is 0 Å². The summed E-state index contributed by atoms with van der Waals surface area (Å²) in [6.45, 7) is 2.24. The molecule has 0 heterocycles. The Morgan fingerprint density at radius 1 is 1.25 bits per heavy atom. The van der Waals surface area contributed by atoms with Crippen molar-refractivity contribution in [1.82, 2.24) is 5.43 Å². The molecule has 1 N–H and O–H groups in total. The van der Waals surface area contributed by atoms with E-state index in [9.17, 15) is 4.79 Å². The van der Waals surface area contributed by atoms with Crippen LogP contribution in [0.1, 0.15) is 58.3 Å². The summed E-state index contributed by atoms with van der Waals surface area (Å²) in [5.41, 5.74) is 3.94. The third-order valence-electron chi connectivity index (χ3n) is 3.81. The second-order valence-electron chi connectivity index (χ2n) is 5.33. The molecule has 2 fully saturated rings. The van der Waals surface area contributed by atoms with Gasteiger partial charge in [-0.05, 0) is 44.4 Å². The first-order chi connectivity index (χ1) is 7.75. The highest BCUT2D eigenvalue weighted by Gasteiger charge is 2.24. The molecule has 2 saturated carbocycles. The smallest absolute Gasteiger partial charge is 0.243 e. The Morgan fingerprint density at radius 2 is 2.00 bits per heavy atom. The molecule has 2 unspecified atom stereocenters. The predicted molar refractivity (Wildman–Crippen MR) is 65.2 cm³/mol. The van der Waals surface area contributed by atoms with Gasteiger partial charge < -0.3 is 0 Å². The monoisotopic (exact) mass is 222 g/mol. The van der Waals surface area contributed by atoms with E-state index in [-0.39, 0.29) is 11.8 Å². The van der Waals surface area contributed by atoms with E-state index in [0.29, 0.717) is 5.92 Å². The van der Waals surface area contributed by atoms with Crippen LogP contribution in [0.5, 0.6) is 0 Å². The lowest BCUT2D eigenvalue weighted by Gasteiger charge is -2.24. The van der Waals surface area contributed by atoms with Crippen molar-refractivity contribution in [3.05, 3.63) is 0 Å². The van der Waals surface area contributed by atoms with Gasteiger partial charge >= 0.3 is 0 Å². The lowest BCUT2D eigenvalue weighted by molar-refractivity contribution is -0.126. The number of rotatable bonds is 2. The summed E-state index contributed by atoms with van der Waals surface area (Å²) in [6.07, 6.45) is 9.15. The van der Waals surface area contributed by atoms with Gasteiger partial charge in [-0.15, -0.1) is 0 Å². The Kier molecular flexibility index (Phi) is 3.97. The summed E-state index contributed by atoms with van der Waals surface area (Å²) in [4.78, 5) is 11.9. The van der Waals surface area contributed by atoms with Gasteiger partial charge in [0.1, 0.15) is 0 Å². The van der Waals surface area contributed by atoms with Gasteiger partial charge in [-0.2, -0.15) is 5.10 Å². The van der Waals surface area contributed by atoms with E-state index in [2.05, 4.69) is 17.5 Å². The molecule has 0 saturated heterocycles. The Labute approximate surface area is 97.7 Å². The Balaban J connectivity index is 1.80. The molecule has 0 radical (unpaired) electrons. The summed E-state index contributed by atoms with van der Waals surface area (Å²) in [5, 5.41) is 4.24. The van der Waals surface area contributed by atoms with E-state index in [1.165, 1.54) is 31.4 Å². The first-order valence-electron chi connectivity index (χ1n) is 6.61. The highest BCUT2D eigenvalue weighted by Crippen LogP contribution is 2.28. The molecule has 2 aliphatic rings. The quantitative estimate of drug-likeness (QED) is 0.717. The van der Waals surface area contributed by atoms with E-state index < -0.39 is 0 Å². The maximum absolute atomic E-state index is 11.9. The largest absolute Gasteiger partial charge is 0.273 e. The van der Waals surface area contributed by atoms with Crippen molar-refractivity contribution >= 4 is 11.6 Å². The number of hydrogen-bond donors (Lipinski definition) is 1. The fraction of sp³-hybridized carbons (Fsp3) is 0.846. The SMILES string of the molecule is CC1CCCC(C(=O)NN=C2CCCC2)C1. The fourth-order valence-electron chi connectivity index (χ4n) is 2.79. The molecule has 0 spiro atoms. The average molecular weight is 222 g/mol. The van der Waals surface area contributed by atoms with Gasteiger partial charge in [-0.1, -0.05) is 19.8 Å². The minimum atomic E-state index is 0.144. The van der Waals surface area contributed by atoms with Crippen LogP contribution in [0.15, 0.2) is 5.10 Å². The Morgan fingerprint density at radius 3 is 2.69 bits per heavy atom. The second kappa shape index (κ2) is 5.46. The summed E-state index contributed by atoms with van der Waals surface area (Å²) < 4.78 is 0.